The number of likely N-dealkylation sites (N-methyl/N-ethyl adjacent to an activating group) is 1. The minimum absolute atomic E-state index is 0.242. The van der Waals surface area contributed by atoms with Crippen molar-refractivity contribution in [2.45, 2.75) is 13.0 Å². The summed E-state index contributed by atoms with van der Waals surface area (Å²) in [4.78, 5) is 6.50. The number of anilines is 1. The van der Waals surface area contributed by atoms with Crippen LogP contribution in [-0.4, -0.2) is 59.4 Å². The highest BCUT2D eigenvalue weighted by molar-refractivity contribution is 5.89. The van der Waals surface area contributed by atoms with Gasteiger partial charge >= 0.3 is 0 Å². The number of pyridine rings is 1. The number of benzene rings is 1. The van der Waals surface area contributed by atoms with Gasteiger partial charge in [0.15, 0.2) is 5.82 Å². The zero-order valence-electron chi connectivity index (χ0n) is 16.0. The van der Waals surface area contributed by atoms with Gasteiger partial charge in [-0.15, -0.1) is 0 Å². The Morgan fingerprint density at radius 1 is 1.07 bits per heavy atom. The van der Waals surface area contributed by atoms with Crippen LogP contribution in [0.2, 0.25) is 0 Å². The molecule has 0 amide bonds. The largest absolute Gasteiger partial charge is 0.343 e. The summed E-state index contributed by atoms with van der Waals surface area (Å²) in [5.74, 6) is 0.709. The third kappa shape index (κ3) is 3.32. The molecule has 0 spiro atoms. The molecule has 0 bridgehead atoms. The monoisotopic (exact) mass is 366 g/mol. The predicted molar refractivity (Wildman–Crippen MR) is 106 cm³/mol. The lowest BCUT2D eigenvalue weighted by Crippen LogP contribution is -2.60. The molecule has 5 nitrogen and oxygen atoms in total. The number of nitrogens with one attached hydrogen (secondary N) is 1. The molecular formula is C21H25FN5+. The van der Waals surface area contributed by atoms with E-state index in [1.165, 1.54) is 12.1 Å². The maximum atomic E-state index is 13.4. The molecule has 2 aromatic heterocycles. The van der Waals surface area contributed by atoms with Crippen LogP contribution in [-0.2, 0) is 0 Å². The van der Waals surface area contributed by atoms with Crippen molar-refractivity contribution < 1.29 is 8.87 Å². The standard InChI is InChI=1S/C21H25FN5/c1-15-14-26(12-13-27(15,2)3)21-19(16-8-10-23-11-9-16)20(24-25-21)17-4-6-18(22)7-5-17/h4-11,15H,12-14H2,1-3H3,(H,24,25)/q+1. The van der Waals surface area contributed by atoms with Crippen molar-refractivity contribution in [3.63, 3.8) is 0 Å². The van der Waals surface area contributed by atoms with E-state index in [1.54, 1.807) is 24.5 Å². The minimum Gasteiger partial charge on any atom is -0.343 e. The first kappa shape index (κ1) is 17.7. The summed E-state index contributed by atoms with van der Waals surface area (Å²) in [6.07, 6.45) is 3.58. The molecule has 1 atom stereocenters. The lowest BCUT2D eigenvalue weighted by molar-refractivity contribution is -0.913. The molecular weight excluding hydrogens is 341 g/mol. The van der Waals surface area contributed by atoms with Crippen LogP contribution in [0.4, 0.5) is 10.2 Å². The van der Waals surface area contributed by atoms with Gasteiger partial charge < -0.3 is 9.38 Å². The van der Waals surface area contributed by atoms with Gasteiger partial charge in [0.05, 0.1) is 45.0 Å². The van der Waals surface area contributed by atoms with E-state index in [0.717, 1.165) is 52.3 Å². The zero-order chi connectivity index (χ0) is 19.0. The van der Waals surface area contributed by atoms with Crippen LogP contribution >= 0.6 is 0 Å². The fourth-order valence-electron chi connectivity index (χ4n) is 3.60. The molecule has 0 saturated carbocycles. The summed E-state index contributed by atoms with van der Waals surface area (Å²) in [6, 6.07) is 11.0. The summed E-state index contributed by atoms with van der Waals surface area (Å²) < 4.78 is 14.4. The van der Waals surface area contributed by atoms with E-state index in [2.05, 4.69) is 41.1 Å². The Morgan fingerprint density at radius 2 is 1.78 bits per heavy atom. The molecule has 0 radical (unpaired) electrons. The van der Waals surface area contributed by atoms with E-state index >= 15 is 0 Å². The summed E-state index contributed by atoms with van der Waals surface area (Å²) >= 11 is 0. The highest BCUT2D eigenvalue weighted by atomic mass is 19.1. The Kier molecular flexibility index (Phi) is 4.44. The third-order valence-electron chi connectivity index (χ3n) is 5.77. The molecule has 1 fully saturated rings. The maximum Gasteiger partial charge on any atom is 0.159 e. The Hall–Kier alpha value is -2.73. The lowest BCUT2D eigenvalue weighted by atomic mass is 10.0. The normalized spacial score (nSPS) is 19.3. The highest BCUT2D eigenvalue weighted by Gasteiger charge is 2.34. The van der Waals surface area contributed by atoms with E-state index in [4.69, 9.17) is 0 Å². The van der Waals surface area contributed by atoms with Crippen molar-refractivity contribution in [2.75, 3.05) is 38.6 Å². The molecule has 4 rings (SSSR count). The van der Waals surface area contributed by atoms with Gasteiger partial charge in [-0.05, 0) is 48.9 Å². The van der Waals surface area contributed by atoms with Gasteiger partial charge in [-0.2, -0.15) is 5.10 Å². The van der Waals surface area contributed by atoms with E-state index in [0.29, 0.717) is 6.04 Å². The van der Waals surface area contributed by atoms with E-state index in [-0.39, 0.29) is 5.82 Å². The quantitative estimate of drug-likeness (QED) is 0.721. The maximum absolute atomic E-state index is 13.4. The Morgan fingerprint density at radius 3 is 2.44 bits per heavy atom. The van der Waals surface area contributed by atoms with Gasteiger partial charge in [0.2, 0.25) is 0 Å². The number of hydrogen-bond acceptors (Lipinski definition) is 3. The first-order valence-corrected chi connectivity index (χ1v) is 9.28. The number of aromatic nitrogens is 3. The Bertz CT molecular complexity index is 918. The molecule has 140 valence electrons. The van der Waals surface area contributed by atoms with Gasteiger partial charge in [0.25, 0.3) is 0 Å². The number of nitrogens with zero attached hydrogens (tertiary/aromatic N) is 4. The van der Waals surface area contributed by atoms with Crippen LogP contribution < -0.4 is 4.90 Å². The zero-order valence-corrected chi connectivity index (χ0v) is 16.0. The molecule has 1 aliphatic heterocycles. The molecule has 1 N–H and O–H groups in total. The van der Waals surface area contributed by atoms with Crippen molar-refractivity contribution >= 4 is 5.82 Å². The number of rotatable bonds is 3. The van der Waals surface area contributed by atoms with Gasteiger partial charge in [-0.25, -0.2) is 4.39 Å². The third-order valence-corrected chi connectivity index (χ3v) is 5.77. The first-order valence-electron chi connectivity index (χ1n) is 9.28. The Balaban J connectivity index is 1.80. The van der Waals surface area contributed by atoms with Crippen molar-refractivity contribution in [3.8, 4) is 22.4 Å². The summed E-state index contributed by atoms with van der Waals surface area (Å²) in [7, 11) is 4.56. The molecule has 1 unspecified atom stereocenters. The molecule has 1 saturated heterocycles. The molecule has 3 heterocycles. The summed E-state index contributed by atoms with van der Waals surface area (Å²) in [5.41, 5.74) is 3.93. The molecule has 1 aliphatic rings. The second-order valence-electron chi connectivity index (χ2n) is 7.84. The first-order chi connectivity index (χ1) is 13.0. The number of quaternary nitrogens is 1. The van der Waals surface area contributed by atoms with Crippen LogP contribution in [0.5, 0.6) is 0 Å². The van der Waals surface area contributed by atoms with Crippen LogP contribution in [0.15, 0.2) is 48.8 Å². The average Bonchev–Trinajstić information content (AvgIpc) is 3.10. The van der Waals surface area contributed by atoms with Crippen molar-refractivity contribution in [3.05, 3.63) is 54.6 Å². The van der Waals surface area contributed by atoms with Crippen molar-refractivity contribution in [2.24, 2.45) is 0 Å². The predicted octanol–water partition coefficient (Wildman–Crippen LogP) is 3.56. The number of piperazine rings is 1. The van der Waals surface area contributed by atoms with Crippen LogP contribution in [0, 0.1) is 5.82 Å². The summed E-state index contributed by atoms with van der Waals surface area (Å²) in [6.45, 7) is 5.24. The highest BCUT2D eigenvalue weighted by Crippen LogP contribution is 2.38. The number of hydrogen-bond donors (Lipinski definition) is 1. The minimum atomic E-state index is -0.242. The van der Waals surface area contributed by atoms with Crippen molar-refractivity contribution in [1.82, 2.24) is 15.2 Å². The van der Waals surface area contributed by atoms with Gasteiger partial charge in [-0.1, -0.05) is 0 Å². The van der Waals surface area contributed by atoms with Gasteiger partial charge in [0.1, 0.15) is 11.9 Å². The van der Waals surface area contributed by atoms with E-state index in [1.807, 2.05) is 12.1 Å². The Labute approximate surface area is 159 Å². The van der Waals surface area contributed by atoms with E-state index in [9.17, 15) is 4.39 Å². The number of halogens is 1. The fraction of sp³-hybridized carbons (Fsp3) is 0.333. The van der Waals surface area contributed by atoms with Gasteiger partial charge in [-0.3, -0.25) is 10.1 Å². The molecule has 6 heteroatoms. The second-order valence-corrected chi connectivity index (χ2v) is 7.84. The van der Waals surface area contributed by atoms with Crippen LogP contribution in [0.1, 0.15) is 6.92 Å². The fourth-order valence-corrected chi connectivity index (χ4v) is 3.60. The van der Waals surface area contributed by atoms with Crippen LogP contribution in [0.3, 0.4) is 0 Å². The van der Waals surface area contributed by atoms with Gasteiger partial charge in [0, 0.05) is 18.0 Å². The average molecular weight is 366 g/mol. The second kappa shape index (κ2) is 6.78. The molecule has 0 aliphatic carbocycles. The van der Waals surface area contributed by atoms with E-state index < -0.39 is 0 Å². The smallest absolute Gasteiger partial charge is 0.159 e. The summed E-state index contributed by atoms with van der Waals surface area (Å²) in [5, 5.41) is 7.88. The van der Waals surface area contributed by atoms with Crippen molar-refractivity contribution in [1.29, 1.82) is 0 Å². The number of H-pyrrole nitrogens is 1. The lowest BCUT2D eigenvalue weighted by Gasteiger charge is -2.44. The van der Waals surface area contributed by atoms with Crippen LogP contribution in [0.25, 0.3) is 22.4 Å². The number of aromatic amines is 1. The SMILES string of the molecule is CC1CN(c2n[nH]c(-c3ccc(F)cc3)c2-c2ccncc2)CC[N+]1(C)C. The molecule has 3 aromatic rings. The molecule has 1 aromatic carbocycles. The topological polar surface area (TPSA) is 44.8 Å². The molecule has 27 heavy (non-hydrogen) atoms.